The summed E-state index contributed by atoms with van der Waals surface area (Å²) < 4.78 is 17.5. The highest BCUT2D eigenvalue weighted by atomic mass is 16.7. The van der Waals surface area contributed by atoms with Gasteiger partial charge in [-0.1, -0.05) is 0 Å². The van der Waals surface area contributed by atoms with Gasteiger partial charge >= 0.3 is 0 Å². The van der Waals surface area contributed by atoms with Crippen LogP contribution in [0.1, 0.15) is 46.9 Å². The van der Waals surface area contributed by atoms with Crippen LogP contribution in [-0.2, 0) is 11.2 Å². The summed E-state index contributed by atoms with van der Waals surface area (Å²) in [5, 5.41) is 3.48. The van der Waals surface area contributed by atoms with E-state index in [1.807, 2.05) is 6.92 Å². The number of aromatic nitrogens is 1. The topological polar surface area (TPSA) is 52.6 Å². The second-order valence-corrected chi connectivity index (χ2v) is 8.14. The number of nitrogens with zero attached hydrogens (tertiary/aromatic N) is 1. The number of pyridine rings is 1. The first-order valence-electron chi connectivity index (χ1n) is 9.86. The summed E-state index contributed by atoms with van der Waals surface area (Å²) in [5.74, 6) is 2.83. The van der Waals surface area contributed by atoms with Crippen molar-refractivity contribution in [1.82, 2.24) is 4.98 Å². The Morgan fingerprint density at radius 3 is 2.54 bits per heavy atom. The average Bonchev–Trinajstić information content (AvgIpc) is 2.64. The van der Waals surface area contributed by atoms with Gasteiger partial charge in [0.05, 0.1) is 6.54 Å². The van der Waals surface area contributed by atoms with Crippen LogP contribution in [0, 0.1) is 34.6 Å². The summed E-state index contributed by atoms with van der Waals surface area (Å²) in [6.07, 6.45) is 1.90. The van der Waals surface area contributed by atoms with Crippen molar-refractivity contribution in [1.29, 1.82) is 0 Å². The molecule has 152 valence electrons. The molecule has 1 aromatic heterocycles. The van der Waals surface area contributed by atoms with Crippen LogP contribution >= 0.6 is 0 Å². The van der Waals surface area contributed by atoms with Crippen LogP contribution in [-0.4, -0.2) is 31.0 Å². The second kappa shape index (κ2) is 8.00. The quantitative estimate of drug-likeness (QED) is 0.725. The van der Waals surface area contributed by atoms with Crippen LogP contribution < -0.4 is 14.8 Å². The number of anilines is 1. The van der Waals surface area contributed by atoms with E-state index in [1.165, 1.54) is 11.1 Å². The Kier molecular flexibility index (Phi) is 5.84. The molecule has 0 radical (unpaired) electrons. The summed E-state index contributed by atoms with van der Waals surface area (Å²) in [6.45, 7) is 13.6. The fourth-order valence-electron chi connectivity index (χ4n) is 3.95. The predicted octanol–water partition coefficient (Wildman–Crippen LogP) is 4.80. The predicted molar refractivity (Wildman–Crippen MR) is 113 cm³/mol. The standard InChI is InChI=1S/C23H32N2O3/c1-14-10-15(2)25-20(11-14)24-12-23(6)9-8-19-18(5)21(27-13-26-7)16(3)17(4)22(19)28-23/h10-11H,8-9,12-13H2,1-7H3,(H,24,25). The number of nitrogens with one attached hydrogen (secondary N) is 1. The summed E-state index contributed by atoms with van der Waals surface area (Å²) in [7, 11) is 1.64. The van der Waals surface area contributed by atoms with Gasteiger partial charge < -0.3 is 19.5 Å². The van der Waals surface area contributed by atoms with Crippen molar-refractivity contribution in [2.75, 3.05) is 25.8 Å². The average molecular weight is 385 g/mol. The van der Waals surface area contributed by atoms with Gasteiger partial charge in [0.15, 0.2) is 6.79 Å². The van der Waals surface area contributed by atoms with E-state index in [4.69, 9.17) is 14.2 Å². The molecule has 0 saturated heterocycles. The van der Waals surface area contributed by atoms with Gasteiger partial charge in [0.2, 0.25) is 0 Å². The summed E-state index contributed by atoms with van der Waals surface area (Å²) >= 11 is 0. The number of aryl methyl sites for hydroxylation is 2. The molecule has 3 rings (SSSR count). The molecule has 5 heteroatoms. The van der Waals surface area contributed by atoms with Crippen LogP contribution in [0.25, 0.3) is 0 Å². The van der Waals surface area contributed by atoms with Crippen molar-refractivity contribution in [3.63, 3.8) is 0 Å². The Labute approximate surface area is 168 Å². The van der Waals surface area contributed by atoms with Crippen molar-refractivity contribution in [3.05, 3.63) is 45.6 Å². The number of hydrogen-bond acceptors (Lipinski definition) is 5. The van der Waals surface area contributed by atoms with Crippen molar-refractivity contribution in [2.24, 2.45) is 0 Å². The third-order valence-corrected chi connectivity index (χ3v) is 5.63. The highest BCUT2D eigenvalue weighted by Crippen LogP contribution is 2.43. The lowest BCUT2D eigenvalue weighted by molar-refractivity contribution is 0.0488. The molecule has 0 spiro atoms. The van der Waals surface area contributed by atoms with Crippen LogP contribution in [0.4, 0.5) is 5.82 Å². The van der Waals surface area contributed by atoms with Gasteiger partial charge in [-0.05, 0) is 88.8 Å². The van der Waals surface area contributed by atoms with Gasteiger partial charge in [-0.25, -0.2) is 4.98 Å². The van der Waals surface area contributed by atoms with Gasteiger partial charge in [-0.15, -0.1) is 0 Å². The second-order valence-electron chi connectivity index (χ2n) is 8.14. The molecule has 5 nitrogen and oxygen atoms in total. The Balaban J connectivity index is 1.83. The molecule has 0 amide bonds. The number of ether oxygens (including phenoxy) is 3. The molecule has 0 aliphatic carbocycles. The zero-order valence-corrected chi connectivity index (χ0v) is 18.2. The molecule has 0 fully saturated rings. The monoisotopic (exact) mass is 384 g/mol. The molecule has 2 aromatic rings. The van der Waals surface area contributed by atoms with Crippen molar-refractivity contribution in [3.8, 4) is 11.5 Å². The van der Waals surface area contributed by atoms with Crippen molar-refractivity contribution in [2.45, 2.75) is 60.0 Å². The summed E-state index contributed by atoms with van der Waals surface area (Å²) in [6, 6.07) is 4.16. The molecule has 28 heavy (non-hydrogen) atoms. The maximum absolute atomic E-state index is 6.58. The van der Waals surface area contributed by atoms with Crippen LogP contribution in [0.15, 0.2) is 12.1 Å². The highest BCUT2D eigenvalue weighted by Gasteiger charge is 2.34. The highest BCUT2D eigenvalue weighted by molar-refractivity contribution is 5.59. The largest absolute Gasteiger partial charge is 0.485 e. The number of fused-ring (bicyclic) bond motifs is 1. The van der Waals surface area contributed by atoms with Crippen LogP contribution in [0.3, 0.4) is 0 Å². The third kappa shape index (κ3) is 4.09. The SMILES string of the molecule is COCOc1c(C)c(C)c2c(c1C)CCC(C)(CNc1cc(C)cc(C)n1)O2. The summed E-state index contributed by atoms with van der Waals surface area (Å²) in [4.78, 5) is 4.58. The maximum atomic E-state index is 6.58. The van der Waals surface area contributed by atoms with Crippen LogP contribution in [0.5, 0.6) is 11.5 Å². The van der Waals surface area contributed by atoms with Crippen molar-refractivity contribution >= 4 is 5.82 Å². The Bertz CT molecular complexity index is 859. The van der Waals surface area contributed by atoms with E-state index >= 15 is 0 Å². The first kappa shape index (κ1) is 20.5. The smallest absolute Gasteiger partial charge is 0.188 e. The third-order valence-electron chi connectivity index (χ3n) is 5.63. The number of methoxy groups -OCH3 is 1. The number of benzene rings is 1. The van der Waals surface area contributed by atoms with E-state index < -0.39 is 0 Å². The minimum atomic E-state index is -0.287. The lowest BCUT2D eigenvalue weighted by Gasteiger charge is -2.38. The Morgan fingerprint density at radius 1 is 1.11 bits per heavy atom. The van der Waals surface area contributed by atoms with E-state index in [0.29, 0.717) is 6.54 Å². The Morgan fingerprint density at radius 2 is 1.86 bits per heavy atom. The molecule has 1 aliphatic rings. The van der Waals surface area contributed by atoms with E-state index in [-0.39, 0.29) is 12.4 Å². The molecule has 0 saturated carbocycles. The van der Waals surface area contributed by atoms with E-state index in [0.717, 1.165) is 52.5 Å². The zero-order chi connectivity index (χ0) is 20.5. The molecule has 1 unspecified atom stereocenters. The van der Waals surface area contributed by atoms with Gasteiger partial charge in [-0.3, -0.25) is 0 Å². The van der Waals surface area contributed by atoms with Crippen LogP contribution in [0.2, 0.25) is 0 Å². The fourth-order valence-corrected chi connectivity index (χ4v) is 3.95. The molecular formula is C23H32N2O3. The zero-order valence-electron chi connectivity index (χ0n) is 18.2. The van der Waals surface area contributed by atoms with E-state index in [9.17, 15) is 0 Å². The first-order valence-corrected chi connectivity index (χ1v) is 9.86. The molecule has 0 bridgehead atoms. The molecule has 1 aromatic carbocycles. The lowest BCUT2D eigenvalue weighted by Crippen LogP contribution is -2.43. The molecule has 1 atom stereocenters. The van der Waals surface area contributed by atoms with E-state index in [2.05, 4.69) is 57.1 Å². The molecule has 1 aliphatic heterocycles. The molecule has 2 heterocycles. The minimum Gasteiger partial charge on any atom is -0.485 e. The summed E-state index contributed by atoms with van der Waals surface area (Å²) in [5.41, 5.74) is 6.60. The van der Waals surface area contributed by atoms with Gasteiger partial charge in [0, 0.05) is 18.4 Å². The van der Waals surface area contributed by atoms with Crippen molar-refractivity contribution < 1.29 is 14.2 Å². The Hall–Kier alpha value is -2.27. The number of hydrogen-bond donors (Lipinski definition) is 1. The normalized spacial score (nSPS) is 18.4. The lowest BCUT2D eigenvalue weighted by atomic mass is 9.87. The minimum absolute atomic E-state index is 0.255. The molecule has 1 N–H and O–H groups in total. The number of rotatable bonds is 6. The first-order chi connectivity index (χ1) is 13.2. The molecular weight excluding hydrogens is 352 g/mol. The maximum Gasteiger partial charge on any atom is 0.188 e. The van der Waals surface area contributed by atoms with Gasteiger partial charge in [0.1, 0.15) is 22.9 Å². The fraction of sp³-hybridized carbons (Fsp3) is 0.522. The van der Waals surface area contributed by atoms with Gasteiger partial charge in [0.25, 0.3) is 0 Å². The van der Waals surface area contributed by atoms with Gasteiger partial charge in [-0.2, -0.15) is 0 Å². The van der Waals surface area contributed by atoms with E-state index in [1.54, 1.807) is 7.11 Å².